The van der Waals surface area contributed by atoms with Gasteiger partial charge in [-0.05, 0) is 30.3 Å². The summed E-state index contributed by atoms with van der Waals surface area (Å²) < 4.78 is 0.892. The highest BCUT2D eigenvalue weighted by Gasteiger charge is 2.25. The Morgan fingerprint density at radius 2 is 2.00 bits per heavy atom. The lowest BCUT2D eigenvalue weighted by Gasteiger charge is -2.32. The zero-order chi connectivity index (χ0) is 15.0. The van der Waals surface area contributed by atoms with Gasteiger partial charge in [0.2, 0.25) is 5.91 Å². The van der Waals surface area contributed by atoms with E-state index in [-0.39, 0.29) is 12.5 Å². The Kier molecular flexibility index (Phi) is 3.65. The zero-order valence-electron chi connectivity index (χ0n) is 11.0. The lowest BCUT2D eigenvalue weighted by Crippen LogP contribution is -2.36. The molecule has 1 amide bonds. The Labute approximate surface area is 136 Å². The molecule has 0 bridgehead atoms. The van der Waals surface area contributed by atoms with Crippen LogP contribution >= 0.6 is 28.1 Å². The van der Waals surface area contributed by atoms with Gasteiger partial charge in [0, 0.05) is 10.0 Å². The van der Waals surface area contributed by atoms with Crippen molar-refractivity contribution < 1.29 is 4.79 Å². The number of rotatable bonds is 2. The maximum atomic E-state index is 11.9. The Morgan fingerprint density at radius 3 is 2.76 bits per heavy atom. The number of nitrogens with zero attached hydrogens (tertiary/aromatic N) is 1. The summed E-state index contributed by atoms with van der Waals surface area (Å²) in [6.45, 7) is 0.230. The van der Waals surface area contributed by atoms with Gasteiger partial charge in [-0.3, -0.25) is 4.79 Å². The van der Waals surface area contributed by atoms with Gasteiger partial charge in [-0.25, -0.2) is 0 Å². The van der Waals surface area contributed by atoms with Gasteiger partial charge in [-0.15, -0.1) is 0 Å². The highest BCUT2D eigenvalue weighted by atomic mass is 79.9. The first-order valence-corrected chi connectivity index (χ1v) is 7.52. The molecule has 0 saturated carbocycles. The molecule has 0 atom stereocenters. The van der Waals surface area contributed by atoms with Crippen molar-refractivity contribution in [3.8, 4) is 0 Å². The second-order valence-electron chi connectivity index (χ2n) is 4.68. The Bertz CT molecular complexity index is 747. The van der Waals surface area contributed by atoms with Crippen LogP contribution in [0.3, 0.4) is 0 Å². The number of carbonyl (C=O) groups is 1. The largest absolute Gasteiger partial charge is 0.389 e. The van der Waals surface area contributed by atoms with E-state index in [2.05, 4.69) is 21.2 Å². The van der Waals surface area contributed by atoms with E-state index in [1.807, 2.05) is 47.4 Å². The monoisotopic (exact) mass is 361 g/mol. The average molecular weight is 362 g/mol. The number of fused-ring (bicyclic) bond motifs is 1. The van der Waals surface area contributed by atoms with Crippen LogP contribution in [0.1, 0.15) is 5.56 Å². The lowest BCUT2D eigenvalue weighted by atomic mass is 10.1. The topological polar surface area (TPSA) is 58.4 Å². The molecule has 0 spiro atoms. The number of hydrogen-bond donors (Lipinski definition) is 2. The Morgan fingerprint density at radius 1 is 1.24 bits per heavy atom. The molecule has 21 heavy (non-hydrogen) atoms. The fraction of sp³-hybridized carbons (Fsp3) is 0.0667. The van der Waals surface area contributed by atoms with Gasteiger partial charge in [-0.1, -0.05) is 40.3 Å². The van der Waals surface area contributed by atoms with E-state index in [1.54, 1.807) is 0 Å². The number of amides is 1. The number of benzene rings is 2. The van der Waals surface area contributed by atoms with Crippen molar-refractivity contribution in [1.82, 2.24) is 0 Å². The summed E-state index contributed by atoms with van der Waals surface area (Å²) >= 11 is 8.56. The lowest BCUT2D eigenvalue weighted by molar-refractivity contribution is -0.115. The minimum Gasteiger partial charge on any atom is -0.389 e. The second-order valence-corrected chi connectivity index (χ2v) is 6.03. The van der Waals surface area contributed by atoms with Crippen LogP contribution in [0.5, 0.6) is 0 Å². The minimum atomic E-state index is -0.0643. The molecule has 106 valence electrons. The number of para-hydroxylation sites is 2. The molecule has 2 aromatic carbocycles. The summed E-state index contributed by atoms with van der Waals surface area (Å²) in [6.07, 6.45) is 0. The van der Waals surface area contributed by atoms with E-state index in [4.69, 9.17) is 18.0 Å². The first kappa shape index (κ1) is 14.0. The molecular formula is C15H12BrN3OS. The fourth-order valence-electron chi connectivity index (χ4n) is 2.39. The summed E-state index contributed by atoms with van der Waals surface area (Å²) in [5.41, 5.74) is 9.11. The Balaban J connectivity index is 2.17. The van der Waals surface area contributed by atoms with Gasteiger partial charge >= 0.3 is 0 Å². The summed E-state index contributed by atoms with van der Waals surface area (Å²) in [7, 11) is 0. The molecule has 1 aliphatic heterocycles. The number of anilines is 3. The SMILES string of the molecule is NC(=S)c1cc(Br)ccc1N1CC(=O)Nc2ccccc21. The summed E-state index contributed by atoms with van der Waals surface area (Å²) in [5, 5.41) is 2.87. The third kappa shape index (κ3) is 2.64. The predicted molar refractivity (Wildman–Crippen MR) is 92.1 cm³/mol. The zero-order valence-corrected chi connectivity index (χ0v) is 13.4. The van der Waals surface area contributed by atoms with Crippen LogP contribution < -0.4 is 16.0 Å². The summed E-state index contributed by atoms with van der Waals surface area (Å²) in [5.74, 6) is -0.0643. The maximum Gasteiger partial charge on any atom is 0.244 e. The van der Waals surface area contributed by atoms with Gasteiger partial charge in [0.1, 0.15) is 11.5 Å². The van der Waals surface area contributed by atoms with Crippen molar-refractivity contribution in [2.24, 2.45) is 5.73 Å². The summed E-state index contributed by atoms with van der Waals surface area (Å²) in [4.78, 5) is 14.2. The van der Waals surface area contributed by atoms with Crippen LogP contribution in [0.4, 0.5) is 17.1 Å². The second kappa shape index (κ2) is 5.46. The van der Waals surface area contributed by atoms with Gasteiger partial charge in [0.25, 0.3) is 0 Å². The van der Waals surface area contributed by atoms with Gasteiger partial charge in [0.05, 0.1) is 17.1 Å². The third-order valence-corrected chi connectivity index (χ3v) is 4.00. The van der Waals surface area contributed by atoms with Gasteiger partial charge < -0.3 is 16.0 Å². The van der Waals surface area contributed by atoms with E-state index < -0.39 is 0 Å². The number of halogens is 1. The fourth-order valence-corrected chi connectivity index (χ4v) is 2.91. The molecule has 2 aromatic rings. The Hall–Kier alpha value is -1.92. The molecule has 1 heterocycles. The number of nitrogens with two attached hydrogens (primary N) is 1. The molecule has 3 rings (SSSR count). The average Bonchev–Trinajstić information content (AvgIpc) is 2.46. The highest BCUT2D eigenvalue weighted by Crippen LogP contribution is 2.37. The number of carbonyl (C=O) groups excluding carboxylic acids is 1. The van der Waals surface area contributed by atoms with Crippen LogP contribution in [-0.2, 0) is 4.79 Å². The van der Waals surface area contributed by atoms with Crippen LogP contribution in [0, 0.1) is 0 Å². The van der Waals surface area contributed by atoms with E-state index in [0.717, 1.165) is 27.1 Å². The van der Waals surface area contributed by atoms with Crippen LogP contribution in [0.25, 0.3) is 0 Å². The molecule has 0 aliphatic carbocycles. The molecular weight excluding hydrogens is 350 g/mol. The van der Waals surface area contributed by atoms with E-state index in [9.17, 15) is 4.79 Å². The van der Waals surface area contributed by atoms with Crippen molar-refractivity contribution in [1.29, 1.82) is 0 Å². The van der Waals surface area contributed by atoms with Crippen molar-refractivity contribution in [2.75, 3.05) is 16.8 Å². The number of hydrogen-bond acceptors (Lipinski definition) is 3. The molecule has 3 N–H and O–H groups in total. The van der Waals surface area contributed by atoms with Crippen molar-refractivity contribution >= 4 is 56.1 Å². The molecule has 6 heteroatoms. The molecule has 0 aromatic heterocycles. The molecule has 0 radical (unpaired) electrons. The van der Waals surface area contributed by atoms with Crippen molar-refractivity contribution in [3.05, 3.63) is 52.5 Å². The molecule has 0 fully saturated rings. The third-order valence-electron chi connectivity index (χ3n) is 3.29. The molecule has 4 nitrogen and oxygen atoms in total. The first-order chi connectivity index (χ1) is 10.1. The standard InChI is InChI=1S/C15H12BrN3OS/c16-9-5-6-12(10(7-9)15(17)21)19-8-14(20)18-11-3-1-2-4-13(11)19/h1-7H,8H2,(H2,17,21)(H,18,20). The number of nitrogens with one attached hydrogen (secondary N) is 1. The quantitative estimate of drug-likeness (QED) is 0.806. The first-order valence-electron chi connectivity index (χ1n) is 6.32. The maximum absolute atomic E-state index is 11.9. The van der Waals surface area contributed by atoms with Crippen LogP contribution in [-0.4, -0.2) is 17.4 Å². The normalized spacial score (nSPS) is 13.6. The summed E-state index contributed by atoms with van der Waals surface area (Å²) in [6, 6.07) is 13.3. The smallest absolute Gasteiger partial charge is 0.244 e. The van der Waals surface area contributed by atoms with E-state index in [0.29, 0.717) is 4.99 Å². The van der Waals surface area contributed by atoms with Crippen molar-refractivity contribution in [2.45, 2.75) is 0 Å². The minimum absolute atomic E-state index is 0.0643. The van der Waals surface area contributed by atoms with Crippen LogP contribution in [0.15, 0.2) is 46.9 Å². The van der Waals surface area contributed by atoms with Crippen molar-refractivity contribution in [3.63, 3.8) is 0 Å². The van der Waals surface area contributed by atoms with E-state index >= 15 is 0 Å². The highest BCUT2D eigenvalue weighted by molar-refractivity contribution is 9.10. The van der Waals surface area contributed by atoms with Crippen LogP contribution in [0.2, 0.25) is 0 Å². The van der Waals surface area contributed by atoms with Gasteiger partial charge in [0.15, 0.2) is 0 Å². The molecule has 1 aliphatic rings. The molecule has 0 unspecified atom stereocenters. The van der Waals surface area contributed by atoms with E-state index in [1.165, 1.54) is 0 Å². The predicted octanol–water partition coefficient (Wildman–Crippen LogP) is 3.17. The number of thiocarbonyl (C=S) groups is 1. The van der Waals surface area contributed by atoms with Gasteiger partial charge in [-0.2, -0.15) is 0 Å². The molecule has 0 saturated heterocycles.